The molecule has 0 radical (unpaired) electrons. The van der Waals surface area contributed by atoms with E-state index in [0.29, 0.717) is 6.54 Å². The molecule has 1 heterocycles. The van der Waals surface area contributed by atoms with Crippen molar-refractivity contribution in [1.82, 2.24) is 10.3 Å². The summed E-state index contributed by atoms with van der Waals surface area (Å²) < 4.78 is 1.08. The molecule has 1 aromatic heterocycles. The maximum Gasteiger partial charge on any atom is 0.227 e. The third-order valence-electron chi connectivity index (χ3n) is 3.73. The second-order valence-corrected chi connectivity index (χ2v) is 6.84. The van der Waals surface area contributed by atoms with E-state index in [1.54, 1.807) is 17.6 Å². The van der Waals surface area contributed by atoms with Gasteiger partial charge in [0.05, 0.1) is 16.6 Å². The molecule has 1 amide bonds. The molecule has 130 valence electrons. The average Bonchev–Trinajstić information content (AvgIpc) is 3.06. The molecule has 0 aliphatic carbocycles. The zero-order chi connectivity index (χ0) is 18.4. The number of aromatic nitrogens is 1. The summed E-state index contributed by atoms with van der Waals surface area (Å²) in [5, 5.41) is 3.62. The number of rotatable bonds is 7. The number of hydrogen-bond acceptors (Lipinski definition) is 4. The van der Waals surface area contributed by atoms with Crippen molar-refractivity contribution in [3.63, 3.8) is 0 Å². The summed E-state index contributed by atoms with van der Waals surface area (Å²) in [6, 6.07) is 16.4. The molecule has 1 N–H and O–H groups in total. The number of benzene rings is 2. The van der Waals surface area contributed by atoms with Crippen LogP contribution in [0, 0.1) is 0 Å². The van der Waals surface area contributed by atoms with Crippen LogP contribution in [-0.2, 0) is 11.2 Å². The van der Waals surface area contributed by atoms with Crippen LogP contribution in [0.1, 0.15) is 5.01 Å². The molecular formula is C21H19N3OS. The predicted octanol–water partition coefficient (Wildman–Crippen LogP) is 4.39. The molecule has 4 nitrogen and oxygen atoms in total. The maximum atomic E-state index is 12.1. The molecule has 0 spiro atoms. The average molecular weight is 361 g/mol. The third kappa shape index (κ3) is 4.52. The number of nitrogens with zero attached hydrogens (tertiary/aromatic N) is 2. The summed E-state index contributed by atoms with van der Waals surface area (Å²) >= 11 is 1.55. The van der Waals surface area contributed by atoms with Crippen LogP contribution in [0.3, 0.4) is 0 Å². The molecule has 3 rings (SSSR count). The lowest BCUT2D eigenvalue weighted by atomic mass is 10.1. The first-order valence-corrected chi connectivity index (χ1v) is 9.01. The molecule has 3 aromatic rings. The molecule has 0 fully saturated rings. The number of hydrogen-bond donors (Lipinski definition) is 1. The lowest BCUT2D eigenvalue weighted by Gasteiger charge is -2.02. The van der Waals surface area contributed by atoms with Crippen molar-refractivity contribution in [3.05, 3.63) is 78.5 Å². The molecule has 0 atom stereocenters. The third-order valence-corrected chi connectivity index (χ3v) is 4.74. The van der Waals surface area contributed by atoms with Gasteiger partial charge in [0.1, 0.15) is 5.01 Å². The fourth-order valence-corrected chi connectivity index (χ4v) is 3.48. The van der Waals surface area contributed by atoms with E-state index in [4.69, 9.17) is 0 Å². The molecule has 0 saturated carbocycles. The minimum atomic E-state index is -0.0829. The SMILES string of the molecule is C=CN=CC(=C)CNC(=O)Cc1nc2ccc(-c3ccccc3)cc2s1. The van der Waals surface area contributed by atoms with Crippen LogP contribution in [0.5, 0.6) is 0 Å². The Bertz CT molecular complexity index is 973. The van der Waals surface area contributed by atoms with E-state index < -0.39 is 0 Å². The quantitative estimate of drug-likeness (QED) is 0.635. The Morgan fingerprint density at radius 1 is 1.19 bits per heavy atom. The summed E-state index contributed by atoms with van der Waals surface area (Å²) in [4.78, 5) is 20.5. The largest absolute Gasteiger partial charge is 0.352 e. The van der Waals surface area contributed by atoms with Crippen LogP contribution >= 0.6 is 11.3 Å². The van der Waals surface area contributed by atoms with Gasteiger partial charge in [0.25, 0.3) is 0 Å². The van der Waals surface area contributed by atoms with E-state index in [1.165, 1.54) is 11.8 Å². The van der Waals surface area contributed by atoms with Crippen LogP contribution in [0.2, 0.25) is 0 Å². The number of carbonyl (C=O) groups is 1. The molecule has 5 heteroatoms. The lowest BCUT2D eigenvalue weighted by Crippen LogP contribution is -2.27. The van der Waals surface area contributed by atoms with Gasteiger partial charge in [-0.25, -0.2) is 4.98 Å². The molecule has 0 aliphatic rings. The van der Waals surface area contributed by atoms with Crippen molar-refractivity contribution in [1.29, 1.82) is 0 Å². The fraction of sp³-hybridized carbons (Fsp3) is 0.0952. The highest BCUT2D eigenvalue weighted by molar-refractivity contribution is 7.18. The van der Waals surface area contributed by atoms with Gasteiger partial charge in [-0.05, 0) is 28.8 Å². The first kappa shape index (κ1) is 17.8. The first-order valence-electron chi connectivity index (χ1n) is 8.19. The predicted molar refractivity (Wildman–Crippen MR) is 110 cm³/mol. The summed E-state index contributed by atoms with van der Waals surface area (Å²) in [6.07, 6.45) is 3.26. The Balaban J connectivity index is 1.67. The number of nitrogens with one attached hydrogen (secondary N) is 1. The van der Waals surface area contributed by atoms with Crippen LogP contribution < -0.4 is 5.32 Å². The van der Waals surface area contributed by atoms with Gasteiger partial charge >= 0.3 is 0 Å². The summed E-state index contributed by atoms with van der Waals surface area (Å²) in [7, 11) is 0. The summed E-state index contributed by atoms with van der Waals surface area (Å²) in [6.45, 7) is 7.68. The normalized spacial score (nSPS) is 10.9. The smallest absolute Gasteiger partial charge is 0.227 e. The first-order chi connectivity index (χ1) is 12.7. The van der Waals surface area contributed by atoms with Crippen molar-refractivity contribution in [3.8, 4) is 11.1 Å². The van der Waals surface area contributed by atoms with Crippen molar-refractivity contribution in [2.45, 2.75) is 6.42 Å². The zero-order valence-electron chi connectivity index (χ0n) is 14.3. The van der Waals surface area contributed by atoms with Crippen molar-refractivity contribution < 1.29 is 4.79 Å². The molecule has 0 saturated heterocycles. The van der Waals surface area contributed by atoms with E-state index in [-0.39, 0.29) is 12.3 Å². The number of amides is 1. The highest BCUT2D eigenvalue weighted by Crippen LogP contribution is 2.28. The van der Waals surface area contributed by atoms with Crippen LogP contribution in [0.15, 0.2) is 78.5 Å². The van der Waals surface area contributed by atoms with Gasteiger partial charge in [0.15, 0.2) is 0 Å². The van der Waals surface area contributed by atoms with Gasteiger partial charge in [-0.3, -0.25) is 9.79 Å². The monoisotopic (exact) mass is 361 g/mol. The fourth-order valence-electron chi connectivity index (χ4n) is 2.47. The molecule has 26 heavy (non-hydrogen) atoms. The maximum absolute atomic E-state index is 12.1. The Morgan fingerprint density at radius 2 is 2.00 bits per heavy atom. The number of carbonyl (C=O) groups excluding carboxylic acids is 1. The standard InChI is InChI=1S/C21H19N3OS/c1-3-22-13-15(2)14-23-20(25)12-21-24-18-10-9-17(11-19(18)26-21)16-7-5-4-6-8-16/h3-11,13H,1-2,12,14H2,(H,23,25). The van der Waals surface area contributed by atoms with E-state index in [9.17, 15) is 4.79 Å². The van der Waals surface area contributed by atoms with Gasteiger partial charge in [0, 0.05) is 19.0 Å². The molecule has 0 aliphatic heterocycles. The lowest BCUT2D eigenvalue weighted by molar-refractivity contribution is -0.120. The minimum Gasteiger partial charge on any atom is -0.352 e. The van der Waals surface area contributed by atoms with Crippen LogP contribution in [-0.4, -0.2) is 23.7 Å². The van der Waals surface area contributed by atoms with E-state index in [0.717, 1.165) is 26.4 Å². The van der Waals surface area contributed by atoms with E-state index >= 15 is 0 Å². The van der Waals surface area contributed by atoms with Crippen LogP contribution in [0.4, 0.5) is 0 Å². The second-order valence-electron chi connectivity index (χ2n) is 5.73. The highest BCUT2D eigenvalue weighted by Gasteiger charge is 2.10. The second kappa shape index (κ2) is 8.36. The highest BCUT2D eigenvalue weighted by atomic mass is 32.1. The van der Waals surface area contributed by atoms with Crippen molar-refractivity contribution in [2.24, 2.45) is 4.99 Å². The van der Waals surface area contributed by atoms with Crippen LogP contribution in [0.25, 0.3) is 21.3 Å². The topological polar surface area (TPSA) is 54.4 Å². The Hall–Kier alpha value is -3.05. The Kier molecular flexibility index (Phi) is 5.71. The summed E-state index contributed by atoms with van der Waals surface area (Å²) in [5.41, 5.74) is 3.95. The van der Waals surface area contributed by atoms with E-state index in [2.05, 4.69) is 52.7 Å². The van der Waals surface area contributed by atoms with Crippen molar-refractivity contribution >= 4 is 33.7 Å². The number of aliphatic imine (C=N–C) groups is 1. The zero-order valence-corrected chi connectivity index (χ0v) is 15.1. The van der Waals surface area contributed by atoms with Gasteiger partial charge in [-0.1, -0.05) is 49.6 Å². The van der Waals surface area contributed by atoms with Gasteiger partial charge in [-0.2, -0.15) is 0 Å². The summed E-state index contributed by atoms with van der Waals surface area (Å²) in [5.74, 6) is -0.0829. The minimum absolute atomic E-state index is 0.0829. The van der Waals surface area contributed by atoms with Gasteiger partial charge in [-0.15, -0.1) is 11.3 Å². The van der Waals surface area contributed by atoms with Crippen molar-refractivity contribution in [2.75, 3.05) is 6.54 Å². The Labute approximate surface area is 156 Å². The molecule has 0 unspecified atom stereocenters. The molecule has 2 aromatic carbocycles. The number of fused-ring (bicyclic) bond motifs is 1. The molecule has 0 bridgehead atoms. The molecular weight excluding hydrogens is 342 g/mol. The Morgan fingerprint density at radius 3 is 2.77 bits per heavy atom. The van der Waals surface area contributed by atoms with E-state index in [1.807, 2.05) is 24.3 Å². The van der Waals surface area contributed by atoms with Gasteiger partial charge in [0.2, 0.25) is 5.91 Å². The van der Waals surface area contributed by atoms with Gasteiger partial charge < -0.3 is 5.32 Å². The number of thiazole rings is 1.